The highest BCUT2D eigenvalue weighted by Crippen LogP contribution is 2.28. The molecule has 1 aromatic rings. The van der Waals surface area contributed by atoms with Crippen molar-refractivity contribution in [1.82, 2.24) is 9.88 Å². The molecule has 0 bridgehead atoms. The lowest BCUT2D eigenvalue weighted by Crippen LogP contribution is -2.28. The Labute approximate surface area is 94.7 Å². The van der Waals surface area contributed by atoms with E-state index in [1.807, 2.05) is 12.1 Å². The van der Waals surface area contributed by atoms with Crippen molar-refractivity contribution in [3.63, 3.8) is 0 Å². The molecule has 0 amide bonds. The maximum atomic E-state index is 8.97. The lowest BCUT2D eigenvalue weighted by Gasteiger charge is -2.20. The third kappa shape index (κ3) is 3.16. The first-order chi connectivity index (χ1) is 7.29. The van der Waals surface area contributed by atoms with Gasteiger partial charge in [0.25, 0.3) is 0 Å². The highest BCUT2D eigenvalue weighted by Gasteiger charge is 2.28. The summed E-state index contributed by atoms with van der Waals surface area (Å²) in [5.74, 6) is 0. The Bertz CT molecular complexity index is 328. The summed E-state index contributed by atoms with van der Waals surface area (Å²) in [5.41, 5.74) is 1.16. The second-order valence-corrected chi connectivity index (χ2v) is 4.30. The molecular weight excluding hydrogens is 212 g/mol. The van der Waals surface area contributed by atoms with E-state index >= 15 is 0 Å². The van der Waals surface area contributed by atoms with Gasteiger partial charge in [0.1, 0.15) is 5.15 Å². The summed E-state index contributed by atoms with van der Waals surface area (Å²) >= 11 is 5.82. The fourth-order valence-electron chi connectivity index (χ4n) is 1.73. The zero-order chi connectivity index (χ0) is 10.7. The molecule has 2 rings (SSSR count). The maximum absolute atomic E-state index is 8.97. The summed E-state index contributed by atoms with van der Waals surface area (Å²) in [6.45, 7) is 1.81. The topological polar surface area (TPSA) is 36.4 Å². The molecule has 1 heterocycles. The van der Waals surface area contributed by atoms with Crippen LogP contribution in [0.15, 0.2) is 18.3 Å². The number of aliphatic hydroxyl groups is 1. The Hall–Kier alpha value is -0.640. The number of aliphatic hydroxyl groups excluding tert-OH is 1. The quantitative estimate of drug-likeness (QED) is 0.777. The van der Waals surface area contributed by atoms with Gasteiger partial charge in [-0.3, -0.25) is 4.90 Å². The number of pyridine rings is 1. The van der Waals surface area contributed by atoms with Crippen molar-refractivity contribution in [1.29, 1.82) is 0 Å². The summed E-state index contributed by atoms with van der Waals surface area (Å²) in [7, 11) is 0. The van der Waals surface area contributed by atoms with Crippen LogP contribution >= 0.6 is 11.6 Å². The van der Waals surface area contributed by atoms with E-state index < -0.39 is 0 Å². The van der Waals surface area contributed by atoms with E-state index in [1.54, 1.807) is 6.20 Å². The summed E-state index contributed by atoms with van der Waals surface area (Å²) in [4.78, 5) is 6.25. The minimum Gasteiger partial charge on any atom is -0.395 e. The van der Waals surface area contributed by atoms with E-state index in [1.165, 1.54) is 12.8 Å². The van der Waals surface area contributed by atoms with E-state index in [2.05, 4.69) is 9.88 Å². The monoisotopic (exact) mass is 226 g/mol. The van der Waals surface area contributed by atoms with Crippen LogP contribution in [0.5, 0.6) is 0 Å². The average Bonchev–Trinajstić information content (AvgIpc) is 3.00. The van der Waals surface area contributed by atoms with Crippen molar-refractivity contribution in [2.24, 2.45) is 0 Å². The fourth-order valence-corrected chi connectivity index (χ4v) is 1.93. The smallest absolute Gasteiger partial charge is 0.129 e. The third-order valence-electron chi connectivity index (χ3n) is 2.63. The summed E-state index contributed by atoms with van der Waals surface area (Å²) in [5, 5.41) is 9.50. The van der Waals surface area contributed by atoms with Crippen LogP contribution in [0.1, 0.15) is 18.4 Å². The Balaban J connectivity index is 1.98. The van der Waals surface area contributed by atoms with Crippen molar-refractivity contribution in [3.05, 3.63) is 29.0 Å². The van der Waals surface area contributed by atoms with Gasteiger partial charge in [0.2, 0.25) is 0 Å². The average molecular weight is 227 g/mol. The van der Waals surface area contributed by atoms with Crippen molar-refractivity contribution < 1.29 is 5.11 Å². The molecule has 82 valence electrons. The lowest BCUT2D eigenvalue weighted by molar-refractivity contribution is 0.183. The fraction of sp³-hybridized carbons (Fsp3) is 0.545. The van der Waals surface area contributed by atoms with Crippen LogP contribution in [0.2, 0.25) is 5.15 Å². The minimum absolute atomic E-state index is 0.218. The Morgan fingerprint density at radius 3 is 2.93 bits per heavy atom. The number of halogens is 1. The molecule has 0 saturated heterocycles. The van der Waals surface area contributed by atoms with Crippen LogP contribution < -0.4 is 0 Å². The van der Waals surface area contributed by atoms with Gasteiger partial charge in [-0.25, -0.2) is 4.98 Å². The van der Waals surface area contributed by atoms with Crippen LogP contribution in [0.4, 0.5) is 0 Å². The second kappa shape index (κ2) is 4.92. The van der Waals surface area contributed by atoms with Gasteiger partial charge in [-0.15, -0.1) is 0 Å². The van der Waals surface area contributed by atoms with E-state index in [9.17, 15) is 0 Å². The van der Waals surface area contributed by atoms with Gasteiger partial charge in [-0.05, 0) is 30.5 Å². The normalized spacial score (nSPS) is 15.9. The Morgan fingerprint density at radius 1 is 1.53 bits per heavy atom. The van der Waals surface area contributed by atoms with Crippen LogP contribution in [0.25, 0.3) is 0 Å². The first-order valence-corrected chi connectivity index (χ1v) is 5.63. The molecule has 0 aliphatic heterocycles. The van der Waals surface area contributed by atoms with Crippen LogP contribution in [-0.4, -0.2) is 34.2 Å². The van der Waals surface area contributed by atoms with Crippen molar-refractivity contribution in [3.8, 4) is 0 Å². The zero-order valence-electron chi connectivity index (χ0n) is 8.56. The molecule has 1 aliphatic carbocycles. The van der Waals surface area contributed by atoms with Crippen LogP contribution in [0.3, 0.4) is 0 Å². The highest BCUT2D eigenvalue weighted by molar-refractivity contribution is 6.29. The largest absolute Gasteiger partial charge is 0.395 e. The molecule has 1 aromatic heterocycles. The number of nitrogens with zero attached hydrogens (tertiary/aromatic N) is 2. The summed E-state index contributed by atoms with van der Waals surface area (Å²) < 4.78 is 0. The molecule has 3 nitrogen and oxygen atoms in total. The van der Waals surface area contributed by atoms with Gasteiger partial charge in [0.05, 0.1) is 6.61 Å². The Morgan fingerprint density at radius 2 is 2.33 bits per heavy atom. The first kappa shape index (κ1) is 10.9. The predicted molar refractivity (Wildman–Crippen MR) is 59.8 cm³/mol. The first-order valence-electron chi connectivity index (χ1n) is 5.25. The van der Waals surface area contributed by atoms with Crippen molar-refractivity contribution in [2.75, 3.05) is 13.2 Å². The lowest BCUT2D eigenvalue weighted by atomic mass is 10.2. The molecule has 1 saturated carbocycles. The molecule has 1 aliphatic rings. The van der Waals surface area contributed by atoms with Crippen LogP contribution in [0, 0.1) is 0 Å². The molecule has 1 N–H and O–H groups in total. The van der Waals surface area contributed by atoms with Gasteiger partial charge >= 0.3 is 0 Å². The SMILES string of the molecule is OCCN(Cc1ccnc(Cl)c1)C1CC1. The minimum atomic E-state index is 0.218. The molecule has 0 atom stereocenters. The van der Waals surface area contributed by atoms with Gasteiger partial charge in [0.15, 0.2) is 0 Å². The van der Waals surface area contributed by atoms with Gasteiger partial charge in [0, 0.05) is 25.3 Å². The molecule has 4 heteroatoms. The standard InChI is InChI=1S/C11H15ClN2O/c12-11-7-9(3-4-13-11)8-14(5-6-15)10-1-2-10/h3-4,7,10,15H,1-2,5-6,8H2. The van der Waals surface area contributed by atoms with Gasteiger partial charge in [-0.2, -0.15) is 0 Å². The molecule has 0 aromatic carbocycles. The molecule has 1 fully saturated rings. The van der Waals surface area contributed by atoms with Crippen LogP contribution in [-0.2, 0) is 6.54 Å². The van der Waals surface area contributed by atoms with Gasteiger partial charge < -0.3 is 5.11 Å². The van der Waals surface area contributed by atoms with E-state index in [-0.39, 0.29) is 6.61 Å². The number of hydrogen-bond acceptors (Lipinski definition) is 3. The maximum Gasteiger partial charge on any atom is 0.129 e. The molecule has 15 heavy (non-hydrogen) atoms. The number of rotatable bonds is 5. The second-order valence-electron chi connectivity index (χ2n) is 3.91. The van der Waals surface area contributed by atoms with E-state index in [0.29, 0.717) is 11.2 Å². The summed E-state index contributed by atoms with van der Waals surface area (Å²) in [6, 6.07) is 4.51. The van der Waals surface area contributed by atoms with E-state index in [4.69, 9.17) is 16.7 Å². The molecular formula is C11H15ClN2O. The molecule has 0 spiro atoms. The summed E-state index contributed by atoms with van der Waals surface area (Å²) in [6.07, 6.45) is 4.22. The highest BCUT2D eigenvalue weighted by atomic mass is 35.5. The van der Waals surface area contributed by atoms with Crippen molar-refractivity contribution in [2.45, 2.75) is 25.4 Å². The van der Waals surface area contributed by atoms with Gasteiger partial charge in [-0.1, -0.05) is 11.6 Å². The number of hydrogen-bond donors (Lipinski definition) is 1. The third-order valence-corrected chi connectivity index (χ3v) is 2.83. The van der Waals surface area contributed by atoms with Crippen molar-refractivity contribution >= 4 is 11.6 Å². The zero-order valence-corrected chi connectivity index (χ0v) is 9.32. The molecule has 0 radical (unpaired) electrons. The molecule has 0 unspecified atom stereocenters. The van der Waals surface area contributed by atoms with E-state index in [0.717, 1.165) is 18.7 Å². The number of aromatic nitrogens is 1. The predicted octanol–water partition coefficient (Wildman–Crippen LogP) is 1.69. The Kier molecular flexibility index (Phi) is 3.57.